The number of amides is 2. The number of carbonyl (C=O) groups is 2. The van der Waals surface area contributed by atoms with Crippen molar-refractivity contribution in [2.75, 3.05) is 42.9 Å². The Bertz CT molecular complexity index is 815. The lowest BCUT2D eigenvalue weighted by Crippen LogP contribution is -2.48. The third-order valence-corrected chi connectivity index (χ3v) is 5.50. The fourth-order valence-corrected chi connectivity index (χ4v) is 4.01. The highest BCUT2D eigenvalue weighted by Gasteiger charge is 2.21. The summed E-state index contributed by atoms with van der Waals surface area (Å²) in [4.78, 5) is 28.0. The molecule has 0 spiro atoms. The highest BCUT2D eigenvalue weighted by molar-refractivity contribution is 7.14. The summed E-state index contributed by atoms with van der Waals surface area (Å²) in [7, 11) is 0. The molecule has 0 unspecified atom stereocenters. The van der Waals surface area contributed by atoms with Crippen molar-refractivity contribution in [1.29, 1.82) is 0 Å². The molecule has 1 aliphatic heterocycles. The topological polar surface area (TPSA) is 78.7 Å². The minimum Gasteiger partial charge on any atom is -0.369 e. The van der Waals surface area contributed by atoms with E-state index < -0.39 is 5.91 Å². The van der Waals surface area contributed by atoms with Gasteiger partial charge in [0.2, 0.25) is 5.91 Å². The van der Waals surface area contributed by atoms with E-state index in [-0.39, 0.29) is 5.91 Å². The summed E-state index contributed by atoms with van der Waals surface area (Å²) >= 11 is 7.41. The van der Waals surface area contributed by atoms with Gasteiger partial charge in [0.25, 0.3) is 5.91 Å². The molecule has 0 saturated carbocycles. The van der Waals surface area contributed by atoms with Crippen molar-refractivity contribution in [3.8, 4) is 0 Å². The molecule has 26 heavy (non-hydrogen) atoms. The van der Waals surface area contributed by atoms with Crippen LogP contribution in [0.15, 0.2) is 29.6 Å². The van der Waals surface area contributed by atoms with Crippen molar-refractivity contribution in [2.24, 2.45) is 5.73 Å². The van der Waals surface area contributed by atoms with Gasteiger partial charge >= 0.3 is 0 Å². The smallest absolute Gasteiger partial charge is 0.251 e. The summed E-state index contributed by atoms with van der Waals surface area (Å²) in [6.45, 7) is 5.60. The van der Waals surface area contributed by atoms with E-state index in [1.807, 2.05) is 18.2 Å². The second kappa shape index (κ2) is 8.07. The third kappa shape index (κ3) is 4.35. The molecule has 0 atom stereocenters. The summed E-state index contributed by atoms with van der Waals surface area (Å²) in [5, 5.41) is 5.76. The zero-order valence-corrected chi connectivity index (χ0v) is 16.1. The fraction of sp³-hybridized carbons (Fsp3) is 0.333. The molecule has 6 nitrogen and oxygen atoms in total. The van der Waals surface area contributed by atoms with Crippen LogP contribution in [0.5, 0.6) is 0 Å². The highest BCUT2D eigenvalue weighted by Crippen LogP contribution is 2.25. The fourth-order valence-electron chi connectivity index (χ4n) is 3.04. The van der Waals surface area contributed by atoms with Crippen LogP contribution in [0.25, 0.3) is 0 Å². The van der Waals surface area contributed by atoms with E-state index in [0.29, 0.717) is 17.1 Å². The minimum atomic E-state index is -0.535. The Morgan fingerprint density at radius 2 is 1.96 bits per heavy atom. The number of halogens is 1. The van der Waals surface area contributed by atoms with Crippen LogP contribution in [-0.4, -0.2) is 49.4 Å². The molecule has 2 aromatic rings. The van der Waals surface area contributed by atoms with Crippen LogP contribution in [0.2, 0.25) is 5.02 Å². The zero-order valence-electron chi connectivity index (χ0n) is 14.5. The molecule has 3 rings (SSSR count). The molecule has 0 radical (unpaired) electrons. The molecular formula is C18H21ClN4O2S. The van der Waals surface area contributed by atoms with Gasteiger partial charge in [0.15, 0.2) is 0 Å². The standard InChI is InChI=1S/C18H21ClN4O2S/c1-12-2-3-13(19)10-15(12)23-7-5-22(6-8-23)11-16(24)21-18-14(17(20)25)4-9-26-18/h2-4,9-10H,5-8,11H2,1H3,(H2,20,25)(H,21,24). The highest BCUT2D eigenvalue weighted by atomic mass is 35.5. The van der Waals surface area contributed by atoms with E-state index in [1.165, 1.54) is 16.9 Å². The molecular weight excluding hydrogens is 372 g/mol. The van der Waals surface area contributed by atoms with Crippen LogP contribution in [0.4, 0.5) is 10.7 Å². The van der Waals surface area contributed by atoms with Gasteiger partial charge < -0.3 is 16.0 Å². The molecule has 2 amide bonds. The summed E-state index contributed by atoms with van der Waals surface area (Å²) in [5.74, 6) is -0.672. The number of thiophene rings is 1. The van der Waals surface area contributed by atoms with Crippen LogP contribution in [0.1, 0.15) is 15.9 Å². The Balaban J connectivity index is 1.54. The van der Waals surface area contributed by atoms with Crippen LogP contribution < -0.4 is 16.0 Å². The molecule has 138 valence electrons. The second-order valence-electron chi connectivity index (χ2n) is 6.27. The quantitative estimate of drug-likeness (QED) is 0.819. The van der Waals surface area contributed by atoms with E-state index in [1.54, 1.807) is 11.4 Å². The number of nitrogens with one attached hydrogen (secondary N) is 1. The number of rotatable bonds is 5. The summed E-state index contributed by atoms with van der Waals surface area (Å²) < 4.78 is 0. The van der Waals surface area contributed by atoms with Gasteiger partial charge in [0.05, 0.1) is 12.1 Å². The Morgan fingerprint density at radius 1 is 1.23 bits per heavy atom. The maximum absolute atomic E-state index is 12.3. The largest absolute Gasteiger partial charge is 0.369 e. The lowest BCUT2D eigenvalue weighted by molar-refractivity contribution is -0.117. The van der Waals surface area contributed by atoms with Crippen molar-refractivity contribution in [1.82, 2.24) is 4.90 Å². The number of hydrogen-bond donors (Lipinski definition) is 2. The van der Waals surface area contributed by atoms with Crippen LogP contribution in [-0.2, 0) is 4.79 Å². The number of piperazine rings is 1. The molecule has 0 aliphatic carbocycles. The first-order valence-electron chi connectivity index (χ1n) is 8.34. The van der Waals surface area contributed by atoms with Gasteiger partial charge in [-0.1, -0.05) is 17.7 Å². The van der Waals surface area contributed by atoms with Crippen molar-refractivity contribution in [2.45, 2.75) is 6.92 Å². The maximum Gasteiger partial charge on any atom is 0.251 e. The number of primary amides is 1. The molecule has 1 aromatic heterocycles. The van der Waals surface area contributed by atoms with Crippen molar-refractivity contribution >= 4 is 45.4 Å². The molecule has 1 aromatic carbocycles. The first-order chi connectivity index (χ1) is 12.4. The molecule has 3 N–H and O–H groups in total. The Hall–Kier alpha value is -2.09. The lowest BCUT2D eigenvalue weighted by atomic mass is 10.1. The third-order valence-electron chi connectivity index (χ3n) is 4.44. The lowest BCUT2D eigenvalue weighted by Gasteiger charge is -2.36. The van der Waals surface area contributed by atoms with Gasteiger partial charge in [-0.3, -0.25) is 14.5 Å². The predicted molar refractivity (Wildman–Crippen MR) is 106 cm³/mol. The van der Waals surface area contributed by atoms with E-state index in [4.69, 9.17) is 17.3 Å². The van der Waals surface area contributed by atoms with Gasteiger partial charge in [-0.25, -0.2) is 0 Å². The molecule has 2 heterocycles. The van der Waals surface area contributed by atoms with Crippen LogP contribution >= 0.6 is 22.9 Å². The Labute approximate surface area is 161 Å². The average molecular weight is 393 g/mol. The predicted octanol–water partition coefficient (Wildman–Crippen LogP) is 2.57. The van der Waals surface area contributed by atoms with E-state index in [2.05, 4.69) is 22.0 Å². The monoisotopic (exact) mass is 392 g/mol. The van der Waals surface area contributed by atoms with E-state index >= 15 is 0 Å². The van der Waals surface area contributed by atoms with Gasteiger partial charge in [0, 0.05) is 36.9 Å². The molecule has 8 heteroatoms. The molecule has 1 fully saturated rings. The van der Waals surface area contributed by atoms with Crippen LogP contribution in [0.3, 0.4) is 0 Å². The summed E-state index contributed by atoms with van der Waals surface area (Å²) in [6, 6.07) is 7.52. The number of hydrogen-bond acceptors (Lipinski definition) is 5. The van der Waals surface area contributed by atoms with Gasteiger partial charge in [-0.15, -0.1) is 11.3 Å². The van der Waals surface area contributed by atoms with Crippen molar-refractivity contribution in [3.05, 3.63) is 45.8 Å². The Kier molecular flexibility index (Phi) is 5.80. The minimum absolute atomic E-state index is 0.137. The van der Waals surface area contributed by atoms with Gasteiger partial charge in [-0.05, 0) is 36.1 Å². The number of carbonyl (C=O) groups excluding carboxylic acids is 2. The summed E-state index contributed by atoms with van der Waals surface area (Å²) in [6.07, 6.45) is 0. The number of aryl methyl sites for hydroxylation is 1. The number of nitrogens with two attached hydrogens (primary N) is 1. The normalized spacial score (nSPS) is 15.1. The first-order valence-corrected chi connectivity index (χ1v) is 9.60. The SMILES string of the molecule is Cc1ccc(Cl)cc1N1CCN(CC(=O)Nc2sccc2C(N)=O)CC1. The molecule has 1 aliphatic rings. The van der Waals surface area contributed by atoms with Crippen molar-refractivity contribution in [3.63, 3.8) is 0 Å². The zero-order chi connectivity index (χ0) is 18.7. The van der Waals surface area contributed by atoms with Crippen molar-refractivity contribution < 1.29 is 9.59 Å². The number of nitrogens with zero attached hydrogens (tertiary/aromatic N) is 2. The molecule has 0 bridgehead atoms. The van der Waals surface area contributed by atoms with Gasteiger partial charge in [-0.2, -0.15) is 0 Å². The molecule has 1 saturated heterocycles. The maximum atomic E-state index is 12.3. The first kappa shape index (κ1) is 18.7. The van der Waals surface area contributed by atoms with Crippen LogP contribution in [0, 0.1) is 6.92 Å². The van der Waals surface area contributed by atoms with E-state index in [0.717, 1.165) is 36.9 Å². The summed E-state index contributed by atoms with van der Waals surface area (Å²) in [5.41, 5.74) is 7.99. The van der Waals surface area contributed by atoms with E-state index in [9.17, 15) is 9.59 Å². The second-order valence-corrected chi connectivity index (χ2v) is 7.62. The average Bonchev–Trinajstić information content (AvgIpc) is 3.06. The van der Waals surface area contributed by atoms with Gasteiger partial charge in [0.1, 0.15) is 5.00 Å². The number of benzene rings is 1. The number of anilines is 2. The Morgan fingerprint density at radius 3 is 2.65 bits per heavy atom.